The van der Waals surface area contributed by atoms with Crippen LogP contribution >= 0.6 is 0 Å². The number of amides is 1. The van der Waals surface area contributed by atoms with Crippen LogP contribution in [-0.2, 0) is 26.1 Å². The molecule has 2 aromatic carbocycles. The Labute approximate surface area is 180 Å². The number of hydrogen-bond donors (Lipinski definition) is 1. The van der Waals surface area contributed by atoms with Gasteiger partial charge in [0.05, 0.1) is 29.0 Å². The van der Waals surface area contributed by atoms with Crippen LogP contribution in [0.25, 0.3) is 0 Å². The number of ether oxygens (including phenoxy) is 1. The molecule has 9 heteroatoms. The summed E-state index contributed by atoms with van der Waals surface area (Å²) in [6, 6.07) is 17.6. The van der Waals surface area contributed by atoms with Gasteiger partial charge in [0.15, 0.2) is 6.61 Å². The maximum absolute atomic E-state index is 13.0. The number of carbonyl (C=O) groups excluding carboxylic acids is 2. The topological polar surface area (TPSA) is 106 Å². The Hall–Kier alpha value is -3.59. The Morgan fingerprint density at radius 2 is 1.71 bits per heavy atom. The van der Waals surface area contributed by atoms with Crippen LogP contribution in [0.5, 0.6) is 0 Å². The van der Waals surface area contributed by atoms with Crippen molar-refractivity contribution in [2.45, 2.75) is 18.4 Å². The minimum Gasteiger partial charge on any atom is -0.467 e. The normalized spacial score (nSPS) is 11.0. The molecule has 0 unspecified atom stereocenters. The predicted molar refractivity (Wildman–Crippen MR) is 114 cm³/mol. The van der Waals surface area contributed by atoms with Crippen molar-refractivity contribution < 1.29 is 27.2 Å². The van der Waals surface area contributed by atoms with E-state index in [4.69, 9.17) is 9.15 Å². The Balaban J connectivity index is 1.61. The van der Waals surface area contributed by atoms with Crippen molar-refractivity contribution in [3.05, 3.63) is 84.3 Å². The first-order chi connectivity index (χ1) is 14.9. The summed E-state index contributed by atoms with van der Waals surface area (Å²) in [6.07, 6.45) is 1.49. The van der Waals surface area contributed by atoms with Crippen molar-refractivity contribution in [1.29, 1.82) is 0 Å². The number of anilines is 1. The van der Waals surface area contributed by atoms with Gasteiger partial charge in [-0.05, 0) is 55.5 Å². The van der Waals surface area contributed by atoms with Crippen LogP contribution < -0.4 is 9.62 Å². The highest BCUT2D eigenvalue weighted by molar-refractivity contribution is 7.92. The van der Waals surface area contributed by atoms with Gasteiger partial charge >= 0.3 is 5.97 Å². The van der Waals surface area contributed by atoms with Crippen LogP contribution in [0.1, 0.15) is 23.0 Å². The van der Waals surface area contributed by atoms with E-state index < -0.39 is 28.5 Å². The first-order valence-corrected chi connectivity index (χ1v) is 11.0. The van der Waals surface area contributed by atoms with Crippen LogP contribution in [0, 0.1) is 0 Å². The van der Waals surface area contributed by atoms with Crippen LogP contribution in [0.15, 0.2) is 82.3 Å². The number of carbonyl (C=O) groups is 2. The van der Waals surface area contributed by atoms with Crippen molar-refractivity contribution in [2.24, 2.45) is 0 Å². The highest BCUT2D eigenvalue weighted by atomic mass is 32.2. The lowest BCUT2D eigenvalue weighted by Crippen LogP contribution is -2.30. The third kappa shape index (κ3) is 5.52. The summed E-state index contributed by atoms with van der Waals surface area (Å²) in [5.41, 5.74) is 0.689. The first-order valence-electron chi connectivity index (χ1n) is 9.56. The summed E-state index contributed by atoms with van der Waals surface area (Å²) in [5, 5.41) is 2.56. The predicted octanol–water partition coefficient (Wildman–Crippen LogP) is 2.97. The van der Waals surface area contributed by atoms with Gasteiger partial charge in [0.1, 0.15) is 5.76 Å². The monoisotopic (exact) mass is 442 g/mol. The van der Waals surface area contributed by atoms with E-state index in [1.54, 1.807) is 43.3 Å². The fourth-order valence-electron chi connectivity index (χ4n) is 2.84. The van der Waals surface area contributed by atoms with Crippen LogP contribution in [0.2, 0.25) is 0 Å². The standard InChI is InChI=1S/C22H22N2O6S/c1-2-24(18-7-4-3-5-8-18)31(27,28)20-12-10-17(11-13-20)22(26)30-16-21(25)23-15-19-9-6-14-29-19/h3-14H,2,15-16H2,1H3,(H,23,25). The molecular formula is C22H22N2O6S. The number of esters is 1. The molecule has 0 atom stereocenters. The maximum Gasteiger partial charge on any atom is 0.338 e. The van der Waals surface area contributed by atoms with Gasteiger partial charge in [-0.2, -0.15) is 0 Å². The zero-order valence-corrected chi connectivity index (χ0v) is 17.7. The third-order valence-corrected chi connectivity index (χ3v) is 6.30. The van der Waals surface area contributed by atoms with Crippen molar-refractivity contribution in [3.8, 4) is 0 Å². The number of hydrogen-bond acceptors (Lipinski definition) is 6. The van der Waals surface area contributed by atoms with E-state index in [0.717, 1.165) is 0 Å². The molecule has 1 heterocycles. The Morgan fingerprint density at radius 3 is 2.32 bits per heavy atom. The molecule has 0 saturated heterocycles. The molecule has 3 rings (SSSR count). The summed E-state index contributed by atoms with van der Waals surface area (Å²) in [5.74, 6) is -0.633. The number of rotatable bonds is 9. The Morgan fingerprint density at radius 1 is 1.00 bits per heavy atom. The van der Waals surface area contributed by atoms with Gasteiger partial charge in [0, 0.05) is 6.54 Å². The van der Waals surface area contributed by atoms with Crippen molar-refractivity contribution in [2.75, 3.05) is 17.5 Å². The van der Waals surface area contributed by atoms with E-state index in [-0.39, 0.29) is 23.5 Å². The van der Waals surface area contributed by atoms with E-state index in [1.165, 1.54) is 34.8 Å². The molecule has 0 saturated carbocycles. The fourth-order valence-corrected chi connectivity index (χ4v) is 4.31. The highest BCUT2D eigenvalue weighted by Crippen LogP contribution is 2.23. The van der Waals surface area contributed by atoms with Crippen LogP contribution in [0.3, 0.4) is 0 Å². The molecule has 0 aliphatic rings. The maximum atomic E-state index is 13.0. The number of furan rings is 1. The van der Waals surface area contributed by atoms with Gasteiger partial charge in [-0.25, -0.2) is 13.2 Å². The van der Waals surface area contributed by atoms with Gasteiger partial charge < -0.3 is 14.5 Å². The molecule has 1 aromatic heterocycles. The SMILES string of the molecule is CCN(c1ccccc1)S(=O)(=O)c1ccc(C(=O)OCC(=O)NCc2ccco2)cc1. The number of sulfonamides is 1. The van der Waals surface area contributed by atoms with E-state index in [9.17, 15) is 18.0 Å². The lowest BCUT2D eigenvalue weighted by atomic mass is 10.2. The fraction of sp³-hybridized carbons (Fsp3) is 0.182. The van der Waals surface area contributed by atoms with Gasteiger partial charge in [0.25, 0.3) is 15.9 Å². The molecule has 0 aliphatic heterocycles. The number of para-hydroxylation sites is 1. The molecular weight excluding hydrogens is 420 g/mol. The van der Waals surface area contributed by atoms with E-state index >= 15 is 0 Å². The third-order valence-electron chi connectivity index (χ3n) is 4.38. The first kappa shape index (κ1) is 22.1. The van der Waals surface area contributed by atoms with Crippen LogP contribution in [0.4, 0.5) is 5.69 Å². The van der Waals surface area contributed by atoms with Gasteiger partial charge in [-0.15, -0.1) is 0 Å². The highest BCUT2D eigenvalue weighted by Gasteiger charge is 2.24. The lowest BCUT2D eigenvalue weighted by Gasteiger charge is -2.22. The minimum absolute atomic E-state index is 0.0472. The number of benzene rings is 2. The molecule has 0 radical (unpaired) electrons. The molecule has 1 amide bonds. The Bertz CT molecular complexity index is 1110. The van der Waals surface area contributed by atoms with E-state index in [2.05, 4.69) is 5.32 Å². The lowest BCUT2D eigenvalue weighted by molar-refractivity contribution is -0.124. The quantitative estimate of drug-likeness (QED) is 0.511. The molecule has 0 bridgehead atoms. The van der Waals surface area contributed by atoms with E-state index in [1.807, 2.05) is 6.07 Å². The van der Waals surface area contributed by atoms with Crippen molar-refractivity contribution >= 4 is 27.6 Å². The summed E-state index contributed by atoms with van der Waals surface area (Å²) < 4.78 is 37.3. The minimum atomic E-state index is -3.79. The second-order valence-electron chi connectivity index (χ2n) is 6.46. The smallest absolute Gasteiger partial charge is 0.338 e. The zero-order chi connectivity index (χ0) is 22.3. The second kappa shape index (κ2) is 9.94. The van der Waals surface area contributed by atoms with E-state index in [0.29, 0.717) is 11.4 Å². The average molecular weight is 442 g/mol. The average Bonchev–Trinajstić information content (AvgIpc) is 3.31. The molecule has 3 aromatic rings. The largest absolute Gasteiger partial charge is 0.467 e. The van der Waals surface area contributed by atoms with Gasteiger partial charge in [-0.3, -0.25) is 9.10 Å². The van der Waals surface area contributed by atoms with Crippen LogP contribution in [-0.4, -0.2) is 33.4 Å². The summed E-state index contributed by atoms with van der Waals surface area (Å²) >= 11 is 0. The van der Waals surface area contributed by atoms with Crippen molar-refractivity contribution in [1.82, 2.24) is 5.32 Å². The number of nitrogens with one attached hydrogen (secondary N) is 1. The summed E-state index contributed by atoms with van der Waals surface area (Å²) in [6.45, 7) is 1.72. The van der Waals surface area contributed by atoms with Gasteiger partial charge in [-0.1, -0.05) is 18.2 Å². The van der Waals surface area contributed by atoms with Crippen molar-refractivity contribution in [3.63, 3.8) is 0 Å². The molecule has 0 aliphatic carbocycles. The van der Waals surface area contributed by atoms with Gasteiger partial charge in [0.2, 0.25) is 0 Å². The Kier molecular flexibility index (Phi) is 7.09. The molecule has 1 N–H and O–H groups in total. The second-order valence-corrected chi connectivity index (χ2v) is 8.32. The molecule has 162 valence electrons. The zero-order valence-electron chi connectivity index (χ0n) is 16.9. The summed E-state index contributed by atoms with van der Waals surface area (Å²) in [7, 11) is -3.79. The molecule has 31 heavy (non-hydrogen) atoms. The number of nitrogens with zero attached hydrogens (tertiary/aromatic N) is 1. The molecule has 8 nitrogen and oxygen atoms in total. The summed E-state index contributed by atoms with van der Waals surface area (Å²) in [4.78, 5) is 24.0. The molecule has 0 spiro atoms. The molecule has 0 fully saturated rings.